The summed E-state index contributed by atoms with van der Waals surface area (Å²) in [5.74, 6) is 0.327. The Hall–Kier alpha value is -2.40. The minimum atomic E-state index is -0.200. The van der Waals surface area contributed by atoms with Gasteiger partial charge in [-0.05, 0) is 49.9 Å². The topological polar surface area (TPSA) is 49.9 Å². The molecule has 0 spiro atoms. The van der Waals surface area contributed by atoms with Gasteiger partial charge in [-0.15, -0.1) is 0 Å². The van der Waals surface area contributed by atoms with Crippen molar-refractivity contribution in [2.75, 3.05) is 32.8 Å². The molecular weight excluding hydrogens is 364 g/mol. The zero-order valence-corrected chi connectivity index (χ0v) is 17.2. The van der Waals surface area contributed by atoms with Gasteiger partial charge in [0.15, 0.2) is 5.78 Å². The Labute approximate surface area is 172 Å². The number of fused-ring (bicyclic) bond motifs is 1. The van der Waals surface area contributed by atoms with Gasteiger partial charge in [0.25, 0.3) is 0 Å². The Morgan fingerprint density at radius 2 is 1.76 bits per heavy atom. The maximum Gasteiger partial charge on any atom is 0.409 e. The molecule has 2 fully saturated rings. The number of hydrogen-bond acceptors (Lipinski definition) is 4. The number of benzene rings is 2. The van der Waals surface area contributed by atoms with Gasteiger partial charge < -0.3 is 9.64 Å². The van der Waals surface area contributed by atoms with Crippen molar-refractivity contribution in [3.8, 4) is 0 Å². The number of piperidine rings is 2. The summed E-state index contributed by atoms with van der Waals surface area (Å²) in [6.45, 7) is 5.60. The van der Waals surface area contributed by atoms with Crippen LogP contribution in [0.1, 0.15) is 43.0 Å². The summed E-state index contributed by atoms with van der Waals surface area (Å²) in [5, 5.41) is 2.18. The van der Waals surface area contributed by atoms with Crippen molar-refractivity contribution in [3.63, 3.8) is 0 Å². The molecule has 0 aliphatic carbocycles. The summed E-state index contributed by atoms with van der Waals surface area (Å²) in [5.41, 5.74) is 0.854. The molecule has 5 nitrogen and oxygen atoms in total. The van der Waals surface area contributed by atoms with Gasteiger partial charge in [-0.1, -0.05) is 42.5 Å². The third kappa shape index (κ3) is 4.30. The second-order valence-electron chi connectivity index (χ2n) is 8.14. The minimum absolute atomic E-state index is 0.0534. The highest BCUT2D eigenvalue weighted by Crippen LogP contribution is 2.28. The number of Topliss-reactive ketones (excluding diaryl/α,β-unsaturated/α-hetero) is 1. The van der Waals surface area contributed by atoms with Gasteiger partial charge in [0, 0.05) is 37.2 Å². The fourth-order valence-corrected chi connectivity index (χ4v) is 4.84. The molecule has 1 atom stereocenters. The standard InChI is InChI=1S/C24H30N2O3/c1-2-29-24(28)25-15-12-20(13-16-25)26-14-6-9-19(17-26)23(27)22-11-5-8-18-7-3-4-10-21(18)22/h3-5,7-8,10-11,19-20H,2,6,9,12-17H2,1H3. The van der Waals surface area contributed by atoms with E-state index < -0.39 is 0 Å². The van der Waals surface area contributed by atoms with Gasteiger partial charge >= 0.3 is 6.09 Å². The van der Waals surface area contributed by atoms with E-state index in [1.807, 2.05) is 42.2 Å². The van der Waals surface area contributed by atoms with Gasteiger partial charge in [-0.3, -0.25) is 9.69 Å². The lowest BCUT2D eigenvalue weighted by atomic mass is 9.86. The lowest BCUT2D eigenvalue weighted by molar-refractivity contribution is 0.0533. The molecule has 29 heavy (non-hydrogen) atoms. The average Bonchev–Trinajstić information content (AvgIpc) is 2.78. The second kappa shape index (κ2) is 8.95. The molecule has 5 heteroatoms. The maximum atomic E-state index is 13.4. The Bertz CT molecular complexity index is 868. The molecule has 2 heterocycles. The number of amides is 1. The van der Waals surface area contributed by atoms with Gasteiger partial charge in [0.2, 0.25) is 0 Å². The van der Waals surface area contributed by atoms with Crippen LogP contribution in [-0.2, 0) is 4.74 Å². The van der Waals surface area contributed by atoms with E-state index in [4.69, 9.17) is 4.74 Å². The second-order valence-corrected chi connectivity index (χ2v) is 8.14. The average molecular weight is 395 g/mol. The number of hydrogen-bond donors (Lipinski definition) is 0. The monoisotopic (exact) mass is 394 g/mol. The van der Waals surface area contributed by atoms with Crippen LogP contribution in [0.4, 0.5) is 4.79 Å². The van der Waals surface area contributed by atoms with Crippen molar-refractivity contribution < 1.29 is 14.3 Å². The summed E-state index contributed by atoms with van der Waals surface area (Å²) in [4.78, 5) is 29.6. The van der Waals surface area contributed by atoms with E-state index in [1.54, 1.807) is 0 Å². The van der Waals surface area contributed by atoms with Gasteiger partial charge in [-0.2, -0.15) is 0 Å². The van der Waals surface area contributed by atoms with Crippen LogP contribution in [0.15, 0.2) is 42.5 Å². The molecule has 4 rings (SSSR count). The number of ether oxygens (including phenoxy) is 1. The highest BCUT2D eigenvalue weighted by atomic mass is 16.6. The predicted molar refractivity (Wildman–Crippen MR) is 114 cm³/mol. The maximum absolute atomic E-state index is 13.4. The largest absolute Gasteiger partial charge is 0.450 e. The number of ketones is 1. The first-order valence-corrected chi connectivity index (χ1v) is 10.8. The van der Waals surface area contributed by atoms with Gasteiger partial charge in [0.05, 0.1) is 6.61 Å². The first kappa shape index (κ1) is 19.9. The van der Waals surface area contributed by atoms with Crippen LogP contribution in [0.5, 0.6) is 0 Å². The van der Waals surface area contributed by atoms with Crippen molar-refractivity contribution in [2.24, 2.45) is 5.92 Å². The number of nitrogens with zero attached hydrogens (tertiary/aromatic N) is 2. The van der Waals surface area contributed by atoms with Crippen molar-refractivity contribution >= 4 is 22.6 Å². The lowest BCUT2D eigenvalue weighted by Gasteiger charge is -2.41. The molecule has 0 saturated carbocycles. The molecule has 154 valence electrons. The fraction of sp³-hybridized carbons (Fsp3) is 0.500. The van der Waals surface area contributed by atoms with Crippen molar-refractivity contribution in [3.05, 3.63) is 48.0 Å². The van der Waals surface area contributed by atoms with Crippen LogP contribution in [0.2, 0.25) is 0 Å². The number of carbonyl (C=O) groups is 2. The smallest absolute Gasteiger partial charge is 0.409 e. The van der Waals surface area contributed by atoms with E-state index >= 15 is 0 Å². The molecule has 0 bridgehead atoms. The van der Waals surface area contributed by atoms with Crippen LogP contribution >= 0.6 is 0 Å². The van der Waals surface area contributed by atoms with E-state index in [9.17, 15) is 9.59 Å². The molecular formula is C24H30N2O3. The van der Waals surface area contributed by atoms with E-state index in [1.165, 1.54) is 0 Å². The third-order valence-corrected chi connectivity index (χ3v) is 6.39. The molecule has 2 aliphatic rings. The van der Waals surface area contributed by atoms with Crippen molar-refractivity contribution in [2.45, 2.75) is 38.6 Å². The van der Waals surface area contributed by atoms with Crippen molar-refractivity contribution in [1.29, 1.82) is 0 Å². The molecule has 2 saturated heterocycles. The summed E-state index contributed by atoms with van der Waals surface area (Å²) in [6, 6.07) is 14.6. The summed E-state index contributed by atoms with van der Waals surface area (Å²) >= 11 is 0. The normalized spacial score (nSPS) is 21.3. The molecule has 2 aromatic carbocycles. The molecule has 0 aromatic heterocycles. The predicted octanol–water partition coefficient (Wildman–Crippen LogP) is 4.36. The van der Waals surface area contributed by atoms with Crippen LogP contribution in [0, 0.1) is 5.92 Å². The Morgan fingerprint density at radius 1 is 1.00 bits per heavy atom. The minimum Gasteiger partial charge on any atom is -0.450 e. The molecule has 0 radical (unpaired) electrons. The SMILES string of the molecule is CCOC(=O)N1CCC(N2CCCC(C(=O)c3cccc4ccccc34)C2)CC1. The van der Waals surface area contributed by atoms with Crippen LogP contribution in [-0.4, -0.2) is 60.5 Å². The van der Waals surface area contributed by atoms with Crippen molar-refractivity contribution in [1.82, 2.24) is 9.80 Å². The van der Waals surface area contributed by atoms with Crippen LogP contribution in [0.3, 0.4) is 0 Å². The Kier molecular flexibility index (Phi) is 6.14. The number of carbonyl (C=O) groups excluding carboxylic acids is 2. The summed E-state index contributed by atoms with van der Waals surface area (Å²) in [6.07, 6.45) is 3.72. The summed E-state index contributed by atoms with van der Waals surface area (Å²) < 4.78 is 5.12. The number of likely N-dealkylation sites (tertiary alicyclic amines) is 2. The molecule has 2 aliphatic heterocycles. The lowest BCUT2D eigenvalue weighted by Crippen LogP contribution is -2.50. The van der Waals surface area contributed by atoms with Crippen LogP contribution in [0.25, 0.3) is 10.8 Å². The van der Waals surface area contributed by atoms with Crippen LogP contribution < -0.4 is 0 Å². The summed E-state index contributed by atoms with van der Waals surface area (Å²) in [7, 11) is 0. The Morgan fingerprint density at radius 3 is 2.55 bits per heavy atom. The van der Waals surface area contributed by atoms with E-state index in [0.717, 1.165) is 68.2 Å². The Balaban J connectivity index is 1.41. The van der Waals surface area contributed by atoms with E-state index in [0.29, 0.717) is 12.6 Å². The molecule has 0 N–H and O–H groups in total. The van der Waals surface area contributed by atoms with E-state index in [-0.39, 0.29) is 17.8 Å². The zero-order chi connectivity index (χ0) is 20.2. The highest BCUT2D eigenvalue weighted by Gasteiger charge is 2.33. The fourth-order valence-electron chi connectivity index (χ4n) is 4.84. The quantitative estimate of drug-likeness (QED) is 0.723. The van der Waals surface area contributed by atoms with Gasteiger partial charge in [-0.25, -0.2) is 4.79 Å². The van der Waals surface area contributed by atoms with E-state index in [2.05, 4.69) is 17.0 Å². The third-order valence-electron chi connectivity index (χ3n) is 6.39. The highest BCUT2D eigenvalue weighted by molar-refractivity contribution is 6.09. The molecule has 1 unspecified atom stereocenters. The zero-order valence-electron chi connectivity index (χ0n) is 17.2. The first-order chi connectivity index (χ1) is 14.2. The molecule has 2 aromatic rings. The molecule has 1 amide bonds. The first-order valence-electron chi connectivity index (χ1n) is 10.8. The van der Waals surface area contributed by atoms with Gasteiger partial charge in [0.1, 0.15) is 0 Å². The number of rotatable bonds is 4.